The second-order valence-electron chi connectivity index (χ2n) is 5.02. The van der Waals surface area contributed by atoms with Gasteiger partial charge in [0.15, 0.2) is 0 Å². The van der Waals surface area contributed by atoms with Crippen LogP contribution in [0.2, 0.25) is 0 Å². The predicted molar refractivity (Wildman–Crippen MR) is 50.9 cm³/mol. The zero-order chi connectivity index (χ0) is 10.7. The Hall–Kier alpha value is -0.610. The van der Waals surface area contributed by atoms with E-state index in [1.165, 1.54) is 0 Å². The van der Waals surface area contributed by atoms with E-state index in [0.29, 0.717) is 12.5 Å². The second kappa shape index (κ2) is 2.95. The van der Waals surface area contributed by atoms with Crippen molar-refractivity contribution in [3.8, 4) is 0 Å². The van der Waals surface area contributed by atoms with Gasteiger partial charge in [0.2, 0.25) is 0 Å². The Kier molecular flexibility index (Phi) is 1.89. The molecule has 15 heavy (non-hydrogen) atoms. The maximum Gasteiger partial charge on any atom is 0.309 e. The number of esters is 1. The number of aliphatic hydroxyl groups excluding tert-OH is 1. The Balaban J connectivity index is 1.97. The molecule has 1 N–H and O–H groups in total. The summed E-state index contributed by atoms with van der Waals surface area (Å²) in [4.78, 5) is 11.6. The monoisotopic (exact) mass is 212 g/mol. The molecule has 1 saturated heterocycles. The average molecular weight is 212 g/mol. The molecule has 3 aliphatic rings. The van der Waals surface area contributed by atoms with Gasteiger partial charge in [-0.25, -0.2) is 0 Å². The first-order valence-corrected chi connectivity index (χ1v) is 5.54. The van der Waals surface area contributed by atoms with Crippen molar-refractivity contribution in [3.05, 3.63) is 0 Å². The van der Waals surface area contributed by atoms with E-state index in [9.17, 15) is 9.90 Å². The van der Waals surface area contributed by atoms with E-state index >= 15 is 0 Å². The summed E-state index contributed by atoms with van der Waals surface area (Å²) in [5.74, 6) is 0.768. The molecule has 0 amide bonds. The normalized spacial score (nSPS) is 57.0. The van der Waals surface area contributed by atoms with Crippen LogP contribution in [0.3, 0.4) is 0 Å². The lowest BCUT2D eigenvalue weighted by molar-refractivity contribution is -0.145. The van der Waals surface area contributed by atoms with Crippen LogP contribution in [0, 0.1) is 29.6 Å². The third-order valence-electron chi connectivity index (χ3n) is 4.66. The van der Waals surface area contributed by atoms with Gasteiger partial charge in [0.05, 0.1) is 24.7 Å². The van der Waals surface area contributed by atoms with Crippen LogP contribution >= 0.6 is 0 Å². The van der Waals surface area contributed by atoms with Crippen LogP contribution in [-0.2, 0) is 14.3 Å². The summed E-state index contributed by atoms with van der Waals surface area (Å²) >= 11 is 0. The lowest BCUT2D eigenvalue weighted by Crippen LogP contribution is -2.43. The molecular weight excluding hydrogens is 196 g/mol. The fourth-order valence-electron chi connectivity index (χ4n) is 4.13. The van der Waals surface area contributed by atoms with Gasteiger partial charge < -0.3 is 14.6 Å². The van der Waals surface area contributed by atoms with Gasteiger partial charge in [0.1, 0.15) is 0 Å². The first-order chi connectivity index (χ1) is 7.16. The van der Waals surface area contributed by atoms with Crippen LogP contribution in [0.1, 0.15) is 6.92 Å². The van der Waals surface area contributed by atoms with E-state index in [2.05, 4.69) is 6.92 Å². The predicted octanol–water partition coefficient (Wildman–Crippen LogP) is 0.0472. The van der Waals surface area contributed by atoms with Crippen molar-refractivity contribution in [3.63, 3.8) is 0 Å². The van der Waals surface area contributed by atoms with Crippen molar-refractivity contribution in [1.29, 1.82) is 0 Å². The van der Waals surface area contributed by atoms with Gasteiger partial charge in [-0.05, 0) is 11.8 Å². The molecular formula is C11H16O4. The summed E-state index contributed by atoms with van der Waals surface area (Å²) in [6.45, 7) is 2.63. The standard InChI is InChI=1S/C11H16O4/c1-4-6-5-3-15-11(13)8(5)7(4)9(12)10(6)14-2/h4-10,12H,3H2,1-2H3. The lowest BCUT2D eigenvalue weighted by Gasteiger charge is -2.31. The molecule has 0 aromatic carbocycles. The number of ether oxygens (including phenoxy) is 2. The molecule has 1 heterocycles. The molecule has 4 nitrogen and oxygen atoms in total. The summed E-state index contributed by atoms with van der Waals surface area (Å²) in [5.41, 5.74) is 0. The Bertz CT molecular complexity index is 299. The average Bonchev–Trinajstić information content (AvgIpc) is 2.77. The fourth-order valence-corrected chi connectivity index (χ4v) is 4.13. The van der Waals surface area contributed by atoms with Gasteiger partial charge in [0.25, 0.3) is 0 Å². The Morgan fingerprint density at radius 3 is 2.87 bits per heavy atom. The van der Waals surface area contributed by atoms with Crippen molar-refractivity contribution in [2.24, 2.45) is 29.6 Å². The van der Waals surface area contributed by atoms with Crippen LogP contribution in [-0.4, -0.2) is 37.0 Å². The number of fused-ring (bicyclic) bond motifs is 5. The fraction of sp³-hybridized carbons (Fsp3) is 0.909. The van der Waals surface area contributed by atoms with Crippen LogP contribution in [0.5, 0.6) is 0 Å². The largest absolute Gasteiger partial charge is 0.465 e. The summed E-state index contributed by atoms with van der Waals surface area (Å²) in [6, 6.07) is 0. The molecule has 0 aromatic heterocycles. The minimum Gasteiger partial charge on any atom is -0.465 e. The Morgan fingerprint density at radius 2 is 2.20 bits per heavy atom. The van der Waals surface area contributed by atoms with E-state index < -0.39 is 6.10 Å². The molecule has 3 rings (SSSR count). The topological polar surface area (TPSA) is 55.8 Å². The molecule has 7 atom stereocenters. The number of aliphatic hydroxyl groups is 1. The quantitative estimate of drug-likeness (QED) is 0.624. The highest BCUT2D eigenvalue weighted by molar-refractivity contribution is 5.76. The maximum atomic E-state index is 11.6. The third-order valence-corrected chi connectivity index (χ3v) is 4.66. The molecule has 7 unspecified atom stereocenters. The minimum atomic E-state index is -0.498. The van der Waals surface area contributed by atoms with Crippen molar-refractivity contribution < 1.29 is 19.4 Å². The van der Waals surface area contributed by atoms with Gasteiger partial charge in [-0.2, -0.15) is 0 Å². The van der Waals surface area contributed by atoms with Crippen LogP contribution in [0.25, 0.3) is 0 Å². The first-order valence-electron chi connectivity index (χ1n) is 5.54. The molecule has 0 radical (unpaired) electrons. The molecule has 0 aromatic rings. The number of methoxy groups -OCH3 is 1. The van der Waals surface area contributed by atoms with Gasteiger partial charge in [-0.1, -0.05) is 6.92 Å². The third kappa shape index (κ3) is 0.967. The molecule has 84 valence electrons. The summed E-state index contributed by atoms with van der Waals surface area (Å²) in [5, 5.41) is 10.1. The lowest BCUT2D eigenvalue weighted by atomic mass is 9.78. The number of hydrogen-bond donors (Lipinski definition) is 1. The second-order valence-corrected chi connectivity index (χ2v) is 5.02. The maximum absolute atomic E-state index is 11.6. The SMILES string of the molecule is COC1C(O)C2C(C)C1C1COC(=O)C12. The van der Waals surface area contributed by atoms with Crippen molar-refractivity contribution >= 4 is 5.97 Å². The van der Waals surface area contributed by atoms with Gasteiger partial charge in [-0.15, -0.1) is 0 Å². The highest BCUT2D eigenvalue weighted by Gasteiger charge is 2.66. The zero-order valence-corrected chi connectivity index (χ0v) is 8.92. The molecule has 2 saturated carbocycles. The molecule has 2 bridgehead atoms. The molecule has 0 spiro atoms. The van der Waals surface area contributed by atoms with Gasteiger partial charge in [0, 0.05) is 18.9 Å². The van der Waals surface area contributed by atoms with Crippen LogP contribution < -0.4 is 0 Å². The Morgan fingerprint density at radius 1 is 1.47 bits per heavy atom. The minimum absolute atomic E-state index is 0.0416. The van der Waals surface area contributed by atoms with Crippen molar-refractivity contribution in [2.75, 3.05) is 13.7 Å². The summed E-state index contributed by atoms with van der Waals surface area (Å²) < 4.78 is 10.4. The number of carbonyl (C=O) groups is 1. The molecule has 1 aliphatic heterocycles. The van der Waals surface area contributed by atoms with Crippen LogP contribution in [0.15, 0.2) is 0 Å². The van der Waals surface area contributed by atoms with E-state index in [4.69, 9.17) is 9.47 Å². The number of rotatable bonds is 1. The highest BCUT2D eigenvalue weighted by atomic mass is 16.5. The van der Waals surface area contributed by atoms with Gasteiger partial charge in [-0.3, -0.25) is 4.79 Å². The summed E-state index contributed by atoms with van der Waals surface area (Å²) in [7, 11) is 1.63. The first kappa shape index (κ1) is 9.60. The molecule has 4 heteroatoms. The highest BCUT2D eigenvalue weighted by Crippen LogP contribution is 2.59. The van der Waals surface area contributed by atoms with Crippen molar-refractivity contribution in [1.82, 2.24) is 0 Å². The van der Waals surface area contributed by atoms with Crippen molar-refractivity contribution in [2.45, 2.75) is 19.1 Å². The van der Waals surface area contributed by atoms with E-state index in [0.717, 1.165) is 0 Å². The van der Waals surface area contributed by atoms with E-state index in [1.54, 1.807) is 7.11 Å². The molecule has 2 aliphatic carbocycles. The van der Waals surface area contributed by atoms with Gasteiger partial charge >= 0.3 is 5.97 Å². The molecule has 3 fully saturated rings. The van der Waals surface area contributed by atoms with E-state index in [1.807, 2.05) is 0 Å². The number of cyclic esters (lactones) is 1. The Labute approximate surface area is 88.6 Å². The van der Waals surface area contributed by atoms with Crippen LogP contribution in [0.4, 0.5) is 0 Å². The van der Waals surface area contributed by atoms with E-state index in [-0.39, 0.29) is 35.7 Å². The summed E-state index contributed by atoms with van der Waals surface area (Å²) in [6.07, 6.45) is -0.609. The smallest absolute Gasteiger partial charge is 0.309 e. The number of hydrogen-bond acceptors (Lipinski definition) is 4. The number of carbonyl (C=O) groups excluding carboxylic acids is 1. The zero-order valence-electron chi connectivity index (χ0n) is 8.92.